The maximum absolute atomic E-state index is 5.98. The van der Waals surface area contributed by atoms with Gasteiger partial charge in [0.1, 0.15) is 5.82 Å². The van der Waals surface area contributed by atoms with E-state index in [1.54, 1.807) is 0 Å². The van der Waals surface area contributed by atoms with Crippen LogP contribution in [0.15, 0.2) is 12.1 Å². The van der Waals surface area contributed by atoms with Gasteiger partial charge in [-0.05, 0) is 49.9 Å². The standard InChI is InChI=1S/C15H23N3/c1-5-15(6-2,9-16)14-17-12-7-10(3)11(4)8-13(12)18-14/h7-8H,5-6,9,16H2,1-4H3,(H,17,18). The Morgan fingerprint density at radius 1 is 1.17 bits per heavy atom. The van der Waals surface area contributed by atoms with Gasteiger partial charge < -0.3 is 10.7 Å². The fourth-order valence-corrected chi connectivity index (χ4v) is 2.49. The fourth-order valence-electron chi connectivity index (χ4n) is 2.49. The van der Waals surface area contributed by atoms with Gasteiger partial charge in [-0.25, -0.2) is 4.98 Å². The first-order valence-corrected chi connectivity index (χ1v) is 6.74. The average Bonchev–Trinajstić information content (AvgIpc) is 2.76. The molecule has 0 amide bonds. The van der Waals surface area contributed by atoms with E-state index in [2.05, 4.69) is 44.8 Å². The summed E-state index contributed by atoms with van der Waals surface area (Å²) in [5.74, 6) is 1.04. The van der Waals surface area contributed by atoms with Gasteiger partial charge in [0.25, 0.3) is 0 Å². The number of hydrogen-bond donors (Lipinski definition) is 2. The van der Waals surface area contributed by atoms with Crippen LogP contribution in [-0.4, -0.2) is 16.5 Å². The minimum absolute atomic E-state index is 0.0131. The van der Waals surface area contributed by atoms with Gasteiger partial charge >= 0.3 is 0 Å². The molecule has 0 radical (unpaired) electrons. The van der Waals surface area contributed by atoms with Gasteiger partial charge in [0.15, 0.2) is 0 Å². The molecule has 0 spiro atoms. The highest BCUT2D eigenvalue weighted by molar-refractivity contribution is 5.77. The largest absolute Gasteiger partial charge is 0.341 e. The normalized spacial score (nSPS) is 12.3. The summed E-state index contributed by atoms with van der Waals surface area (Å²) < 4.78 is 0. The van der Waals surface area contributed by atoms with Crippen LogP contribution in [-0.2, 0) is 5.41 Å². The van der Waals surface area contributed by atoms with Crippen molar-refractivity contribution < 1.29 is 0 Å². The Morgan fingerprint density at radius 2 is 1.78 bits per heavy atom. The minimum atomic E-state index is -0.0131. The van der Waals surface area contributed by atoms with E-state index in [0.717, 1.165) is 29.7 Å². The van der Waals surface area contributed by atoms with Crippen LogP contribution in [0, 0.1) is 13.8 Å². The number of aromatic amines is 1. The first-order chi connectivity index (χ1) is 8.56. The third kappa shape index (κ3) is 1.93. The number of hydrogen-bond acceptors (Lipinski definition) is 2. The third-order valence-electron chi connectivity index (χ3n) is 4.34. The zero-order chi connectivity index (χ0) is 13.3. The van der Waals surface area contributed by atoms with Crippen molar-refractivity contribution in [2.24, 2.45) is 5.73 Å². The second-order valence-corrected chi connectivity index (χ2v) is 5.23. The molecule has 3 nitrogen and oxygen atoms in total. The van der Waals surface area contributed by atoms with E-state index in [9.17, 15) is 0 Å². The summed E-state index contributed by atoms with van der Waals surface area (Å²) in [5.41, 5.74) is 10.7. The summed E-state index contributed by atoms with van der Waals surface area (Å²) in [5, 5.41) is 0. The maximum atomic E-state index is 5.98. The van der Waals surface area contributed by atoms with E-state index >= 15 is 0 Å². The summed E-state index contributed by atoms with van der Waals surface area (Å²) in [6.45, 7) is 9.25. The van der Waals surface area contributed by atoms with E-state index in [1.165, 1.54) is 11.1 Å². The molecular formula is C15H23N3. The quantitative estimate of drug-likeness (QED) is 0.869. The Labute approximate surface area is 109 Å². The number of rotatable bonds is 4. The molecule has 3 N–H and O–H groups in total. The molecule has 0 aliphatic heterocycles. The molecule has 0 bridgehead atoms. The lowest BCUT2D eigenvalue weighted by atomic mass is 9.82. The Balaban J connectivity index is 2.59. The molecule has 2 rings (SSSR count). The lowest BCUT2D eigenvalue weighted by molar-refractivity contribution is 0.387. The highest BCUT2D eigenvalue weighted by Crippen LogP contribution is 2.30. The predicted octanol–water partition coefficient (Wildman–Crippen LogP) is 3.20. The number of fused-ring (bicyclic) bond motifs is 1. The molecule has 0 aliphatic carbocycles. The Hall–Kier alpha value is -1.35. The SMILES string of the molecule is CCC(CC)(CN)c1nc2cc(C)c(C)cc2[nH]1. The zero-order valence-corrected chi connectivity index (χ0v) is 11.8. The van der Waals surface area contributed by atoms with Crippen molar-refractivity contribution in [1.29, 1.82) is 0 Å². The zero-order valence-electron chi connectivity index (χ0n) is 11.8. The van der Waals surface area contributed by atoms with Crippen molar-refractivity contribution in [3.05, 3.63) is 29.1 Å². The first kappa shape index (κ1) is 13.1. The summed E-state index contributed by atoms with van der Waals surface area (Å²) in [6, 6.07) is 4.32. The molecule has 3 heteroatoms. The first-order valence-electron chi connectivity index (χ1n) is 6.74. The summed E-state index contributed by atoms with van der Waals surface area (Å²) in [6.07, 6.45) is 2.02. The Bertz CT molecular complexity index is 503. The molecule has 0 saturated carbocycles. The molecule has 0 aliphatic rings. The van der Waals surface area contributed by atoms with Crippen LogP contribution in [0.25, 0.3) is 11.0 Å². The van der Waals surface area contributed by atoms with Crippen molar-refractivity contribution in [2.45, 2.75) is 46.0 Å². The highest BCUT2D eigenvalue weighted by atomic mass is 14.9. The molecule has 1 aromatic carbocycles. The molecule has 0 atom stereocenters. The van der Waals surface area contributed by atoms with Crippen molar-refractivity contribution in [1.82, 2.24) is 9.97 Å². The van der Waals surface area contributed by atoms with Crippen LogP contribution >= 0.6 is 0 Å². The fraction of sp³-hybridized carbons (Fsp3) is 0.533. The van der Waals surface area contributed by atoms with E-state index in [4.69, 9.17) is 10.7 Å². The third-order valence-corrected chi connectivity index (χ3v) is 4.34. The minimum Gasteiger partial charge on any atom is -0.341 e. The Morgan fingerprint density at radius 3 is 2.33 bits per heavy atom. The van der Waals surface area contributed by atoms with Gasteiger partial charge in [-0.2, -0.15) is 0 Å². The topological polar surface area (TPSA) is 54.7 Å². The van der Waals surface area contributed by atoms with Crippen LogP contribution in [0.5, 0.6) is 0 Å². The second kappa shape index (κ2) is 4.73. The molecule has 0 saturated heterocycles. The number of benzene rings is 1. The molecule has 1 aromatic heterocycles. The molecule has 2 aromatic rings. The number of nitrogens with two attached hydrogens (primary N) is 1. The summed E-state index contributed by atoms with van der Waals surface area (Å²) >= 11 is 0. The van der Waals surface area contributed by atoms with Crippen LogP contribution in [0.2, 0.25) is 0 Å². The van der Waals surface area contributed by atoms with Gasteiger partial charge in [-0.3, -0.25) is 0 Å². The van der Waals surface area contributed by atoms with Gasteiger partial charge in [0, 0.05) is 12.0 Å². The molecule has 0 unspecified atom stereocenters. The van der Waals surface area contributed by atoms with E-state index in [0.29, 0.717) is 6.54 Å². The predicted molar refractivity (Wildman–Crippen MR) is 76.9 cm³/mol. The number of imidazole rings is 1. The molecule has 98 valence electrons. The average molecular weight is 245 g/mol. The van der Waals surface area contributed by atoms with Crippen molar-refractivity contribution in [3.63, 3.8) is 0 Å². The van der Waals surface area contributed by atoms with Gasteiger partial charge in [-0.1, -0.05) is 13.8 Å². The molecule has 0 fully saturated rings. The van der Waals surface area contributed by atoms with Gasteiger partial charge in [0.05, 0.1) is 11.0 Å². The van der Waals surface area contributed by atoms with E-state index < -0.39 is 0 Å². The Kier molecular flexibility index (Phi) is 3.44. The summed E-state index contributed by atoms with van der Waals surface area (Å²) in [4.78, 5) is 8.23. The van der Waals surface area contributed by atoms with Gasteiger partial charge in [0.2, 0.25) is 0 Å². The smallest absolute Gasteiger partial charge is 0.114 e. The molecular weight excluding hydrogens is 222 g/mol. The molecule has 18 heavy (non-hydrogen) atoms. The van der Waals surface area contributed by atoms with Crippen molar-refractivity contribution in [3.8, 4) is 0 Å². The monoisotopic (exact) mass is 245 g/mol. The van der Waals surface area contributed by atoms with Crippen molar-refractivity contribution in [2.75, 3.05) is 6.54 Å². The maximum Gasteiger partial charge on any atom is 0.114 e. The number of aryl methyl sites for hydroxylation is 2. The number of nitrogens with zero attached hydrogens (tertiary/aromatic N) is 1. The van der Waals surface area contributed by atoms with E-state index in [1.807, 2.05) is 0 Å². The van der Waals surface area contributed by atoms with Crippen LogP contribution in [0.3, 0.4) is 0 Å². The number of H-pyrrole nitrogens is 1. The van der Waals surface area contributed by atoms with Crippen LogP contribution in [0.4, 0.5) is 0 Å². The van der Waals surface area contributed by atoms with Crippen LogP contribution in [0.1, 0.15) is 43.6 Å². The lowest BCUT2D eigenvalue weighted by Gasteiger charge is -2.27. The lowest BCUT2D eigenvalue weighted by Crippen LogP contribution is -2.35. The van der Waals surface area contributed by atoms with Gasteiger partial charge in [-0.15, -0.1) is 0 Å². The highest BCUT2D eigenvalue weighted by Gasteiger charge is 2.30. The molecule has 1 heterocycles. The summed E-state index contributed by atoms with van der Waals surface area (Å²) in [7, 11) is 0. The number of aromatic nitrogens is 2. The van der Waals surface area contributed by atoms with Crippen LogP contribution < -0.4 is 5.73 Å². The van der Waals surface area contributed by atoms with E-state index in [-0.39, 0.29) is 5.41 Å². The number of nitrogens with one attached hydrogen (secondary N) is 1. The van der Waals surface area contributed by atoms with Crippen molar-refractivity contribution >= 4 is 11.0 Å². The second-order valence-electron chi connectivity index (χ2n) is 5.23.